The van der Waals surface area contributed by atoms with Crippen LogP contribution < -0.4 is 0 Å². The van der Waals surface area contributed by atoms with Gasteiger partial charge in [0, 0.05) is 0 Å². The van der Waals surface area contributed by atoms with Crippen LogP contribution in [0, 0.1) is 0 Å². The molecular formula is C12H16O4S. The molecule has 0 aliphatic heterocycles. The third-order valence-corrected chi connectivity index (χ3v) is 4.76. The van der Waals surface area contributed by atoms with Crippen molar-refractivity contribution >= 4 is 15.8 Å². The van der Waals surface area contributed by atoms with Gasteiger partial charge in [0.25, 0.3) is 0 Å². The van der Waals surface area contributed by atoms with Crippen LogP contribution in [0.4, 0.5) is 0 Å². The Bertz CT molecular complexity index is 465. The molecule has 0 amide bonds. The number of hydrogen-bond donors (Lipinski definition) is 1. The highest BCUT2D eigenvalue weighted by Gasteiger charge is 2.22. The Morgan fingerprint density at radius 1 is 1.29 bits per heavy atom. The number of carboxylic acids is 1. The number of aliphatic carboxylic acids is 1. The Morgan fingerprint density at radius 2 is 1.88 bits per heavy atom. The molecule has 0 aromatic heterocycles. The average Bonchev–Trinajstić information content (AvgIpc) is 2.27. The summed E-state index contributed by atoms with van der Waals surface area (Å²) in [6.45, 7) is 1.44. The van der Waals surface area contributed by atoms with Gasteiger partial charge in [0.1, 0.15) is 0 Å². The molecule has 5 heteroatoms. The first-order valence-corrected chi connectivity index (χ1v) is 7.10. The standard InChI is InChI=1S/C12H16O4S/c1-10(9-12(13)14)17(15,16)8-7-11-5-3-2-4-6-11/h2-6,10H,7-9H2,1H3,(H,13,14). The topological polar surface area (TPSA) is 71.4 Å². The van der Waals surface area contributed by atoms with Crippen LogP contribution in [0.1, 0.15) is 18.9 Å². The first kappa shape index (κ1) is 13.7. The van der Waals surface area contributed by atoms with Gasteiger partial charge in [-0.3, -0.25) is 4.79 Å². The number of benzene rings is 1. The third kappa shape index (κ3) is 4.56. The van der Waals surface area contributed by atoms with Crippen LogP contribution in [0.25, 0.3) is 0 Å². The lowest BCUT2D eigenvalue weighted by Crippen LogP contribution is -2.24. The van der Waals surface area contributed by atoms with Crippen LogP contribution in [-0.4, -0.2) is 30.5 Å². The van der Waals surface area contributed by atoms with Crippen molar-refractivity contribution < 1.29 is 18.3 Å². The average molecular weight is 256 g/mol. The largest absolute Gasteiger partial charge is 0.481 e. The van der Waals surface area contributed by atoms with E-state index >= 15 is 0 Å². The predicted molar refractivity (Wildman–Crippen MR) is 65.6 cm³/mol. The van der Waals surface area contributed by atoms with Crippen molar-refractivity contribution in [2.75, 3.05) is 5.75 Å². The summed E-state index contributed by atoms with van der Waals surface area (Å²) in [5.74, 6) is -1.09. The molecule has 1 aromatic rings. The fourth-order valence-corrected chi connectivity index (χ4v) is 2.80. The molecule has 0 radical (unpaired) electrons. The minimum absolute atomic E-state index is 0.00847. The first-order chi connectivity index (χ1) is 7.92. The number of carboxylic acid groups (broad SMARTS) is 1. The van der Waals surface area contributed by atoms with Gasteiger partial charge >= 0.3 is 5.97 Å². The molecule has 0 heterocycles. The van der Waals surface area contributed by atoms with Crippen LogP contribution in [0.15, 0.2) is 30.3 Å². The molecule has 1 rings (SSSR count). The number of rotatable bonds is 6. The predicted octanol–water partition coefficient (Wildman–Crippen LogP) is 1.51. The Hall–Kier alpha value is -1.36. The monoisotopic (exact) mass is 256 g/mol. The minimum atomic E-state index is -3.33. The fraction of sp³-hybridized carbons (Fsp3) is 0.417. The van der Waals surface area contributed by atoms with Gasteiger partial charge in [-0.15, -0.1) is 0 Å². The first-order valence-electron chi connectivity index (χ1n) is 5.39. The van der Waals surface area contributed by atoms with Crippen molar-refractivity contribution in [3.63, 3.8) is 0 Å². The SMILES string of the molecule is CC(CC(=O)O)S(=O)(=O)CCc1ccccc1. The Labute approximate surface area is 101 Å². The molecule has 17 heavy (non-hydrogen) atoms. The normalized spacial score (nSPS) is 13.2. The van der Waals surface area contributed by atoms with Gasteiger partial charge < -0.3 is 5.11 Å². The maximum Gasteiger partial charge on any atom is 0.304 e. The number of aryl methyl sites for hydroxylation is 1. The van der Waals surface area contributed by atoms with Crippen LogP contribution in [0.5, 0.6) is 0 Å². The molecule has 1 atom stereocenters. The Kier molecular flexibility index (Phi) is 4.69. The van der Waals surface area contributed by atoms with Crippen molar-refractivity contribution in [2.24, 2.45) is 0 Å². The van der Waals surface area contributed by atoms with E-state index < -0.39 is 21.1 Å². The highest BCUT2D eigenvalue weighted by atomic mass is 32.2. The van der Waals surface area contributed by atoms with Gasteiger partial charge in [-0.25, -0.2) is 8.42 Å². The lowest BCUT2D eigenvalue weighted by molar-refractivity contribution is -0.136. The zero-order chi connectivity index (χ0) is 12.9. The molecular weight excluding hydrogens is 240 g/mol. The van der Waals surface area contributed by atoms with E-state index in [4.69, 9.17) is 5.11 Å². The van der Waals surface area contributed by atoms with E-state index in [9.17, 15) is 13.2 Å². The van der Waals surface area contributed by atoms with Gasteiger partial charge in [-0.1, -0.05) is 30.3 Å². The number of carbonyl (C=O) groups is 1. The molecule has 94 valence electrons. The van der Waals surface area contributed by atoms with Gasteiger partial charge in [0.2, 0.25) is 0 Å². The summed E-state index contributed by atoms with van der Waals surface area (Å²) in [6.07, 6.45) is 0.0876. The van der Waals surface area contributed by atoms with Crippen LogP contribution in [0.2, 0.25) is 0 Å². The molecule has 4 nitrogen and oxygen atoms in total. The second-order valence-corrected chi connectivity index (χ2v) is 6.55. The molecule has 0 fully saturated rings. The van der Waals surface area contributed by atoms with E-state index in [1.165, 1.54) is 6.92 Å². The summed E-state index contributed by atoms with van der Waals surface area (Å²) in [5.41, 5.74) is 0.943. The Balaban J connectivity index is 2.59. The maximum absolute atomic E-state index is 11.8. The Morgan fingerprint density at radius 3 is 2.41 bits per heavy atom. The van der Waals surface area contributed by atoms with Crippen molar-refractivity contribution in [2.45, 2.75) is 25.0 Å². The van der Waals surface area contributed by atoms with Crippen molar-refractivity contribution in [1.29, 1.82) is 0 Å². The molecule has 0 spiro atoms. The lowest BCUT2D eigenvalue weighted by atomic mass is 10.2. The van der Waals surface area contributed by atoms with Crippen LogP contribution in [0.3, 0.4) is 0 Å². The van der Waals surface area contributed by atoms with Crippen molar-refractivity contribution in [1.82, 2.24) is 0 Å². The summed E-state index contributed by atoms with van der Waals surface area (Å²) in [5, 5.41) is 7.74. The van der Waals surface area contributed by atoms with Crippen LogP contribution >= 0.6 is 0 Å². The zero-order valence-electron chi connectivity index (χ0n) is 9.67. The van der Waals surface area contributed by atoms with E-state index in [2.05, 4.69) is 0 Å². The highest BCUT2D eigenvalue weighted by molar-refractivity contribution is 7.92. The molecule has 1 aromatic carbocycles. The summed E-state index contributed by atoms with van der Waals surface area (Å²) in [7, 11) is -3.33. The third-order valence-electron chi connectivity index (χ3n) is 2.59. The minimum Gasteiger partial charge on any atom is -0.481 e. The van der Waals surface area contributed by atoms with E-state index in [1.807, 2.05) is 30.3 Å². The quantitative estimate of drug-likeness (QED) is 0.837. The smallest absolute Gasteiger partial charge is 0.304 e. The number of hydrogen-bond acceptors (Lipinski definition) is 3. The summed E-state index contributed by atoms with van der Waals surface area (Å²) < 4.78 is 23.6. The fourth-order valence-electron chi connectivity index (χ4n) is 1.48. The van der Waals surface area contributed by atoms with E-state index in [-0.39, 0.29) is 12.2 Å². The molecule has 1 N–H and O–H groups in total. The maximum atomic E-state index is 11.8. The van der Waals surface area contributed by atoms with Crippen molar-refractivity contribution in [3.8, 4) is 0 Å². The van der Waals surface area contributed by atoms with Crippen molar-refractivity contribution in [3.05, 3.63) is 35.9 Å². The number of sulfone groups is 1. The zero-order valence-corrected chi connectivity index (χ0v) is 10.5. The van der Waals surface area contributed by atoms with E-state index in [0.717, 1.165) is 5.56 Å². The van der Waals surface area contributed by atoms with Gasteiger partial charge in [-0.2, -0.15) is 0 Å². The second kappa shape index (κ2) is 5.82. The van der Waals surface area contributed by atoms with Gasteiger partial charge in [-0.05, 0) is 18.9 Å². The van der Waals surface area contributed by atoms with Gasteiger partial charge in [0.05, 0.1) is 17.4 Å². The highest BCUT2D eigenvalue weighted by Crippen LogP contribution is 2.10. The molecule has 0 bridgehead atoms. The van der Waals surface area contributed by atoms with E-state index in [0.29, 0.717) is 6.42 Å². The molecule has 0 aliphatic rings. The molecule has 0 saturated carbocycles. The summed E-state index contributed by atoms with van der Waals surface area (Å²) >= 11 is 0. The van der Waals surface area contributed by atoms with Crippen LogP contribution in [-0.2, 0) is 21.1 Å². The second-order valence-electron chi connectivity index (χ2n) is 4.01. The summed E-state index contributed by atoms with van der Waals surface area (Å²) in [4.78, 5) is 10.5. The molecule has 0 aliphatic carbocycles. The summed E-state index contributed by atoms with van der Waals surface area (Å²) in [6, 6.07) is 9.28. The lowest BCUT2D eigenvalue weighted by Gasteiger charge is -2.10. The molecule has 0 saturated heterocycles. The van der Waals surface area contributed by atoms with Gasteiger partial charge in [0.15, 0.2) is 9.84 Å². The van der Waals surface area contributed by atoms with E-state index in [1.54, 1.807) is 0 Å². The molecule has 1 unspecified atom stereocenters.